The van der Waals surface area contributed by atoms with Gasteiger partial charge < -0.3 is 14.8 Å². The van der Waals surface area contributed by atoms with Crippen LogP contribution in [0.3, 0.4) is 0 Å². The van der Waals surface area contributed by atoms with Crippen LogP contribution in [0.2, 0.25) is 0 Å². The predicted molar refractivity (Wildman–Crippen MR) is 113 cm³/mol. The maximum atomic E-state index is 13.0. The van der Waals surface area contributed by atoms with E-state index in [2.05, 4.69) is 15.1 Å². The highest BCUT2D eigenvalue weighted by atomic mass is 19.4. The van der Waals surface area contributed by atoms with Crippen LogP contribution in [-0.4, -0.2) is 37.6 Å². The second-order valence-electron chi connectivity index (χ2n) is 7.91. The summed E-state index contributed by atoms with van der Waals surface area (Å²) >= 11 is 0. The van der Waals surface area contributed by atoms with E-state index in [9.17, 15) is 18.3 Å². The van der Waals surface area contributed by atoms with Crippen molar-refractivity contribution in [2.24, 2.45) is 0 Å². The molecule has 0 radical (unpaired) electrons. The fourth-order valence-corrected chi connectivity index (χ4v) is 4.06. The highest BCUT2D eigenvalue weighted by Crippen LogP contribution is 2.36. The summed E-state index contributed by atoms with van der Waals surface area (Å²) in [5, 5.41) is 15.6. The zero-order valence-corrected chi connectivity index (χ0v) is 17.1. The number of H-pyrrole nitrogens is 1. The Morgan fingerprint density at radius 1 is 1.09 bits per heavy atom. The Hall–Kier alpha value is -3.33. The summed E-state index contributed by atoms with van der Waals surface area (Å²) in [6, 6.07) is 12.2. The average Bonchev–Trinajstić information content (AvgIpc) is 3.35. The third-order valence-corrected chi connectivity index (χ3v) is 5.73. The molecule has 2 aromatic heterocycles. The first-order chi connectivity index (χ1) is 15.4. The van der Waals surface area contributed by atoms with E-state index >= 15 is 0 Å². The second-order valence-corrected chi connectivity index (χ2v) is 7.91. The van der Waals surface area contributed by atoms with Gasteiger partial charge in [-0.2, -0.15) is 23.0 Å². The maximum Gasteiger partial charge on any atom is 0.416 e. The standard InChI is InChI=1S/C23H21F3N4O2/c24-23(25,26)15-10-8-14(9-11-15)20-17(13-16-5-3-4-12-32-16)21(31)30(29-20)22-27-18-6-1-2-7-19(18)28-22/h1-2,6-11,16,31H,3-5,12-13H2,(H,27,28). The second kappa shape index (κ2) is 7.98. The van der Waals surface area contributed by atoms with E-state index in [1.165, 1.54) is 16.8 Å². The number of nitrogens with one attached hydrogen (secondary N) is 1. The molecule has 4 aromatic rings. The number of para-hydroxylation sites is 2. The summed E-state index contributed by atoms with van der Waals surface area (Å²) < 4.78 is 46.2. The Kier molecular flexibility index (Phi) is 5.13. The van der Waals surface area contributed by atoms with Gasteiger partial charge in [-0.15, -0.1) is 0 Å². The third-order valence-electron chi connectivity index (χ3n) is 5.73. The maximum absolute atomic E-state index is 13.0. The number of ether oxygens (including phenoxy) is 1. The van der Waals surface area contributed by atoms with Gasteiger partial charge in [0.15, 0.2) is 0 Å². The molecule has 1 aliphatic rings. The fraction of sp³-hybridized carbons (Fsp3) is 0.304. The molecule has 0 aliphatic carbocycles. The SMILES string of the molecule is Oc1c(CC2CCCCO2)c(-c2ccc(C(F)(F)F)cc2)nn1-c1nc2ccccc2[nH]1. The number of rotatable bonds is 4. The van der Waals surface area contributed by atoms with Gasteiger partial charge in [0, 0.05) is 24.2 Å². The first-order valence-corrected chi connectivity index (χ1v) is 10.5. The predicted octanol–water partition coefficient (Wildman–Crippen LogP) is 5.25. The highest BCUT2D eigenvalue weighted by Gasteiger charge is 2.31. The minimum atomic E-state index is -4.42. The van der Waals surface area contributed by atoms with E-state index in [0.29, 0.717) is 41.3 Å². The molecular weight excluding hydrogens is 421 g/mol. The Bertz CT molecular complexity index is 1210. The summed E-state index contributed by atoms with van der Waals surface area (Å²) in [6.45, 7) is 0.652. The molecule has 32 heavy (non-hydrogen) atoms. The molecule has 2 aromatic carbocycles. The highest BCUT2D eigenvalue weighted by molar-refractivity contribution is 5.76. The van der Waals surface area contributed by atoms with Crippen molar-refractivity contribution in [1.82, 2.24) is 19.7 Å². The van der Waals surface area contributed by atoms with Crippen molar-refractivity contribution in [1.29, 1.82) is 0 Å². The van der Waals surface area contributed by atoms with Gasteiger partial charge in [-0.3, -0.25) is 0 Å². The van der Waals surface area contributed by atoms with Crippen LogP contribution >= 0.6 is 0 Å². The molecule has 0 spiro atoms. The lowest BCUT2D eigenvalue weighted by Gasteiger charge is -2.22. The molecule has 0 amide bonds. The fourth-order valence-electron chi connectivity index (χ4n) is 4.06. The first kappa shape index (κ1) is 20.6. The van der Waals surface area contributed by atoms with Gasteiger partial charge in [-0.05, 0) is 43.5 Å². The molecule has 0 bridgehead atoms. The molecule has 6 nitrogen and oxygen atoms in total. The Morgan fingerprint density at radius 2 is 1.88 bits per heavy atom. The molecular formula is C23H21F3N4O2. The van der Waals surface area contributed by atoms with Crippen LogP contribution in [0.1, 0.15) is 30.4 Å². The minimum Gasteiger partial charge on any atom is -0.493 e. The zero-order chi connectivity index (χ0) is 22.3. The molecule has 1 unspecified atom stereocenters. The van der Waals surface area contributed by atoms with Crippen molar-refractivity contribution in [2.45, 2.75) is 38.0 Å². The van der Waals surface area contributed by atoms with Crippen molar-refractivity contribution in [3.8, 4) is 23.1 Å². The van der Waals surface area contributed by atoms with Crippen molar-refractivity contribution >= 4 is 11.0 Å². The number of hydrogen-bond acceptors (Lipinski definition) is 4. The number of imidazole rings is 1. The number of aromatic amines is 1. The summed E-state index contributed by atoms with van der Waals surface area (Å²) in [5.74, 6) is 0.223. The van der Waals surface area contributed by atoms with E-state index in [-0.39, 0.29) is 12.0 Å². The molecule has 9 heteroatoms. The van der Waals surface area contributed by atoms with Crippen LogP contribution in [0.25, 0.3) is 28.2 Å². The van der Waals surface area contributed by atoms with Crippen molar-refractivity contribution in [3.05, 3.63) is 59.7 Å². The smallest absolute Gasteiger partial charge is 0.416 e. The van der Waals surface area contributed by atoms with E-state index in [1.54, 1.807) is 0 Å². The Morgan fingerprint density at radius 3 is 2.56 bits per heavy atom. The number of fused-ring (bicyclic) bond motifs is 1. The number of aromatic nitrogens is 4. The van der Waals surface area contributed by atoms with Gasteiger partial charge in [0.25, 0.3) is 0 Å². The van der Waals surface area contributed by atoms with Crippen LogP contribution in [0, 0.1) is 0 Å². The topological polar surface area (TPSA) is 76.0 Å². The number of nitrogens with zero attached hydrogens (tertiary/aromatic N) is 3. The average molecular weight is 442 g/mol. The number of alkyl halides is 3. The lowest BCUT2D eigenvalue weighted by atomic mass is 9.98. The third kappa shape index (κ3) is 3.84. The largest absolute Gasteiger partial charge is 0.493 e. The lowest BCUT2D eigenvalue weighted by Crippen LogP contribution is -2.21. The van der Waals surface area contributed by atoms with E-state index in [0.717, 1.165) is 36.9 Å². The summed E-state index contributed by atoms with van der Waals surface area (Å²) in [7, 11) is 0. The lowest BCUT2D eigenvalue weighted by molar-refractivity contribution is -0.137. The van der Waals surface area contributed by atoms with Crippen LogP contribution in [-0.2, 0) is 17.3 Å². The number of benzene rings is 2. The molecule has 5 rings (SSSR count). The van der Waals surface area contributed by atoms with Gasteiger partial charge in [0.1, 0.15) is 5.69 Å². The molecule has 2 N–H and O–H groups in total. The van der Waals surface area contributed by atoms with E-state index < -0.39 is 11.7 Å². The van der Waals surface area contributed by atoms with Gasteiger partial charge in [0.05, 0.1) is 22.7 Å². The number of halogens is 3. The van der Waals surface area contributed by atoms with Crippen molar-refractivity contribution in [2.75, 3.05) is 6.61 Å². The number of aromatic hydroxyl groups is 1. The van der Waals surface area contributed by atoms with Crippen molar-refractivity contribution in [3.63, 3.8) is 0 Å². The van der Waals surface area contributed by atoms with Gasteiger partial charge in [-0.25, -0.2) is 4.98 Å². The van der Waals surface area contributed by atoms with E-state index in [4.69, 9.17) is 4.74 Å². The zero-order valence-electron chi connectivity index (χ0n) is 17.1. The molecule has 166 valence electrons. The van der Waals surface area contributed by atoms with Crippen LogP contribution in [0.15, 0.2) is 48.5 Å². The molecule has 0 saturated carbocycles. The molecule has 1 fully saturated rings. The van der Waals surface area contributed by atoms with Gasteiger partial charge in [0.2, 0.25) is 11.8 Å². The molecule has 1 atom stereocenters. The van der Waals surface area contributed by atoms with Gasteiger partial charge in [-0.1, -0.05) is 24.3 Å². The van der Waals surface area contributed by atoms with Crippen LogP contribution in [0.4, 0.5) is 13.2 Å². The molecule has 1 aliphatic heterocycles. The summed E-state index contributed by atoms with van der Waals surface area (Å²) in [6.07, 6.45) is -1.24. The van der Waals surface area contributed by atoms with Crippen molar-refractivity contribution < 1.29 is 23.0 Å². The number of hydrogen-bond donors (Lipinski definition) is 2. The Balaban J connectivity index is 1.59. The molecule has 3 heterocycles. The normalized spacial score (nSPS) is 17.2. The monoisotopic (exact) mass is 442 g/mol. The van der Waals surface area contributed by atoms with E-state index in [1.807, 2.05) is 24.3 Å². The summed E-state index contributed by atoms with van der Waals surface area (Å²) in [5.41, 5.74) is 2.17. The van der Waals surface area contributed by atoms with Crippen LogP contribution < -0.4 is 0 Å². The minimum absolute atomic E-state index is 0.0869. The summed E-state index contributed by atoms with van der Waals surface area (Å²) in [4.78, 5) is 7.62. The Labute approximate surface area is 181 Å². The molecule has 1 saturated heterocycles. The first-order valence-electron chi connectivity index (χ1n) is 10.5. The van der Waals surface area contributed by atoms with Crippen LogP contribution in [0.5, 0.6) is 5.88 Å². The quantitative estimate of drug-likeness (QED) is 0.453. The van der Waals surface area contributed by atoms with Gasteiger partial charge >= 0.3 is 6.18 Å².